The summed E-state index contributed by atoms with van der Waals surface area (Å²) in [5.74, 6) is -6.24. The fraction of sp³-hybridized carbons (Fsp3) is 0.444. The number of anilines is 4. The first-order valence-electron chi connectivity index (χ1n) is 25.1. The SMILES string of the molecule is CC(C)CCCNC(=O)c1cc(C(C)Nc2cc(F)c(F)c(F)c2)c2nc(N3CCOCC3)cnc2c1.CC(C)CCCNC(=O)c1cc(C(C)Nc2cc(F)c(F)c(F)c2)c2nc(N3CCOCC3)cnc2c1. The number of nitrogens with one attached hydrogen (secondary N) is 4. The van der Waals surface area contributed by atoms with Crippen molar-refractivity contribution in [2.75, 3.05) is 86.1 Å². The largest absolute Gasteiger partial charge is 0.378 e. The maximum atomic E-state index is 13.8. The zero-order chi connectivity index (χ0) is 53.1. The summed E-state index contributed by atoms with van der Waals surface area (Å²) in [6.07, 6.45) is 7.09. The molecule has 2 amide bonds. The molecule has 0 radical (unpaired) electrons. The summed E-state index contributed by atoms with van der Waals surface area (Å²) >= 11 is 0. The highest BCUT2D eigenvalue weighted by atomic mass is 19.2. The third kappa shape index (κ3) is 14.3. The standard InChI is InChI=1S/2C27H32F3N5O2/c2*1-16(2)5-4-6-31-27(36)18-11-20(17(3)33-19-13-21(28)25(30)22(29)14-19)26-23(12-18)32-15-24(34-26)35-7-9-37-10-8-35/h2*11-17,33H,4-10H2,1-3H3,(H,31,36). The van der Waals surface area contributed by atoms with Gasteiger partial charge in [-0.1, -0.05) is 27.7 Å². The van der Waals surface area contributed by atoms with Crippen molar-refractivity contribution in [2.24, 2.45) is 11.8 Å². The van der Waals surface area contributed by atoms with E-state index in [-0.39, 0.29) is 23.2 Å². The molecule has 2 saturated heterocycles. The molecule has 2 fully saturated rings. The van der Waals surface area contributed by atoms with E-state index in [1.54, 1.807) is 50.5 Å². The molecule has 14 nitrogen and oxygen atoms in total. The number of rotatable bonds is 18. The molecule has 4 N–H and O–H groups in total. The van der Waals surface area contributed by atoms with E-state index in [4.69, 9.17) is 19.4 Å². The van der Waals surface area contributed by atoms with Crippen LogP contribution in [0.1, 0.15) is 111 Å². The Bertz CT molecular complexity index is 2680. The molecule has 6 aromatic rings. The number of ether oxygens (including phenoxy) is 2. The van der Waals surface area contributed by atoms with Crippen molar-refractivity contribution < 1.29 is 45.4 Å². The van der Waals surface area contributed by atoms with Gasteiger partial charge in [0.1, 0.15) is 11.6 Å². The van der Waals surface area contributed by atoms with Crippen LogP contribution < -0.4 is 31.1 Å². The molecule has 2 atom stereocenters. The lowest BCUT2D eigenvalue weighted by molar-refractivity contribution is 0.0944. The minimum absolute atomic E-state index is 0.0675. The number of nitrogens with zero attached hydrogens (tertiary/aromatic N) is 6. The number of carbonyl (C=O) groups is 2. The second-order valence-corrected chi connectivity index (χ2v) is 19.3. The average Bonchev–Trinajstić information content (AvgIpc) is 3.39. The van der Waals surface area contributed by atoms with Crippen LogP contribution in [0, 0.1) is 46.7 Å². The Morgan fingerprint density at radius 3 is 1.23 bits per heavy atom. The molecule has 396 valence electrons. The lowest BCUT2D eigenvalue weighted by Crippen LogP contribution is -2.36. The number of hydrogen-bond donors (Lipinski definition) is 4. The summed E-state index contributed by atoms with van der Waals surface area (Å²) in [5, 5.41) is 11.9. The van der Waals surface area contributed by atoms with Crippen LogP contribution in [0.25, 0.3) is 22.1 Å². The van der Waals surface area contributed by atoms with Gasteiger partial charge in [0.25, 0.3) is 11.8 Å². The van der Waals surface area contributed by atoms with Gasteiger partial charge in [-0.15, -0.1) is 0 Å². The molecule has 74 heavy (non-hydrogen) atoms. The van der Waals surface area contributed by atoms with E-state index in [0.29, 0.717) is 133 Å². The van der Waals surface area contributed by atoms with E-state index in [2.05, 4.69) is 68.7 Å². The molecule has 4 heterocycles. The number of morpholine rings is 2. The molecule has 2 aliphatic rings. The molecule has 0 aliphatic carbocycles. The highest BCUT2D eigenvalue weighted by Crippen LogP contribution is 2.32. The van der Waals surface area contributed by atoms with E-state index < -0.39 is 47.0 Å². The minimum atomic E-state index is -1.53. The number of amides is 2. The Morgan fingerprint density at radius 1 is 0.541 bits per heavy atom. The number of carbonyl (C=O) groups excluding carboxylic acids is 2. The van der Waals surface area contributed by atoms with Crippen molar-refractivity contribution in [3.8, 4) is 0 Å². The number of hydrogen-bond acceptors (Lipinski definition) is 12. The normalized spacial score (nSPS) is 14.7. The molecule has 0 spiro atoms. The van der Waals surface area contributed by atoms with E-state index in [1.807, 2.05) is 0 Å². The number of fused-ring (bicyclic) bond motifs is 2. The van der Waals surface area contributed by atoms with Crippen LogP contribution in [0.2, 0.25) is 0 Å². The summed E-state index contributed by atoms with van der Waals surface area (Å²) in [4.78, 5) is 48.9. The summed E-state index contributed by atoms with van der Waals surface area (Å²) < 4.78 is 93.1. The molecule has 4 aromatic carbocycles. The van der Waals surface area contributed by atoms with Gasteiger partial charge in [-0.25, -0.2) is 36.3 Å². The van der Waals surface area contributed by atoms with Crippen LogP contribution in [0.3, 0.4) is 0 Å². The summed E-state index contributed by atoms with van der Waals surface area (Å²) in [5.41, 5.74) is 4.35. The molecule has 2 aromatic heterocycles. The van der Waals surface area contributed by atoms with Gasteiger partial charge in [-0.05, 0) is 75.6 Å². The Morgan fingerprint density at radius 2 is 0.892 bits per heavy atom. The quantitative estimate of drug-likeness (QED) is 0.0367. The van der Waals surface area contributed by atoms with Crippen LogP contribution in [0.15, 0.2) is 60.9 Å². The second-order valence-electron chi connectivity index (χ2n) is 19.3. The highest BCUT2D eigenvalue weighted by Gasteiger charge is 2.23. The lowest BCUT2D eigenvalue weighted by Gasteiger charge is -2.28. The minimum Gasteiger partial charge on any atom is -0.378 e. The fourth-order valence-corrected chi connectivity index (χ4v) is 8.64. The Kier molecular flexibility index (Phi) is 18.9. The van der Waals surface area contributed by atoms with E-state index in [9.17, 15) is 35.9 Å². The molecule has 20 heteroatoms. The Balaban J connectivity index is 0.000000216. The maximum Gasteiger partial charge on any atom is 0.251 e. The third-order valence-corrected chi connectivity index (χ3v) is 12.7. The molecule has 2 unspecified atom stereocenters. The van der Waals surface area contributed by atoms with Crippen molar-refractivity contribution in [1.82, 2.24) is 30.6 Å². The van der Waals surface area contributed by atoms with Crippen LogP contribution in [0.4, 0.5) is 49.4 Å². The number of aromatic nitrogens is 4. The van der Waals surface area contributed by atoms with E-state index in [0.717, 1.165) is 49.9 Å². The molecule has 2 aliphatic heterocycles. The average molecular weight is 1030 g/mol. The van der Waals surface area contributed by atoms with Gasteiger partial charge in [0, 0.05) is 97.2 Å². The molecular formula is C54H64F6N10O4. The van der Waals surface area contributed by atoms with Gasteiger partial charge in [-0.3, -0.25) is 19.6 Å². The molecule has 0 bridgehead atoms. The van der Waals surface area contributed by atoms with Crippen LogP contribution in [-0.2, 0) is 9.47 Å². The van der Waals surface area contributed by atoms with Gasteiger partial charge in [0.15, 0.2) is 34.9 Å². The molecule has 0 saturated carbocycles. The van der Waals surface area contributed by atoms with Crippen molar-refractivity contribution in [3.63, 3.8) is 0 Å². The monoisotopic (exact) mass is 1030 g/mol. The smallest absolute Gasteiger partial charge is 0.251 e. The van der Waals surface area contributed by atoms with Crippen LogP contribution in [0.5, 0.6) is 0 Å². The zero-order valence-electron chi connectivity index (χ0n) is 42.6. The van der Waals surface area contributed by atoms with Crippen LogP contribution in [-0.4, -0.2) is 97.4 Å². The highest BCUT2D eigenvalue weighted by molar-refractivity contribution is 5.99. The summed E-state index contributed by atoms with van der Waals surface area (Å²) in [7, 11) is 0. The Labute approximate surface area is 427 Å². The first-order chi connectivity index (χ1) is 35.4. The predicted octanol–water partition coefficient (Wildman–Crippen LogP) is 10.4. The maximum absolute atomic E-state index is 13.8. The fourth-order valence-electron chi connectivity index (χ4n) is 8.64. The number of halogens is 6. The number of benzene rings is 4. The van der Waals surface area contributed by atoms with Crippen molar-refractivity contribution in [1.29, 1.82) is 0 Å². The molecule has 8 rings (SSSR count). The predicted molar refractivity (Wildman–Crippen MR) is 275 cm³/mol. The van der Waals surface area contributed by atoms with Crippen LogP contribution >= 0.6 is 0 Å². The second kappa shape index (κ2) is 25.4. The molecular weight excluding hydrogens is 967 g/mol. The van der Waals surface area contributed by atoms with Crippen molar-refractivity contribution in [3.05, 3.63) is 118 Å². The van der Waals surface area contributed by atoms with Gasteiger partial charge in [-0.2, -0.15) is 0 Å². The van der Waals surface area contributed by atoms with Gasteiger partial charge < -0.3 is 40.5 Å². The summed E-state index contributed by atoms with van der Waals surface area (Å²) in [6, 6.07) is 9.33. The first-order valence-corrected chi connectivity index (χ1v) is 25.1. The lowest BCUT2D eigenvalue weighted by atomic mass is 10.0. The third-order valence-electron chi connectivity index (χ3n) is 12.7. The van der Waals surface area contributed by atoms with E-state index >= 15 is 0 Å². The van der Waals surface area contributed by atoms with Crippen molar-refractivity contribution >= 4 is 56.9 Å². The first kappa shape index (κ1) is 55.0. The van der Waals surface area contributed by atoms with Crippen molar-refractivity contribution in [2.45, 2.75) is 79.3 Å². The van der Waals surface area contributed by atoms with E-state index in [1.165, 1.54) is 0 Å². The zero-order valence-corrected chi connectivity index (χ0v) is 42.6. The van der Waals surface area contributed by atoms with Gasteiger partial charge in [0.05, 0.1) is 73.0 Å². The van der Waals surface area contributed by atoms with Gasteiger partial charge in [0.2, 0.25) is 0 Å². The summed E-state index contributed by atoms with van der Waals surface area (Å²) in [6.45, 7) is 18.2. The topological polar surface area (TPSA) is 159 Å². The van der Waals surface area contributed by atoms with Gasteiger partial charge >= 0.3 is 0 Å². The Hall–Kier alpha value is -6.80.